The van der Waals surface area contributed by atoms with Gasteiger partial charge in [-0.2, -0.15) is 0 Å². The third kappa shape index (κ3) is 3.30. The van der Waals surface area contributed by atoms with Crippen LogP contribution < -0.4 is 5.32 Å². The van der Waals surface area contributed by atoms with Gasteiger partial charge in [0.05, 0.1) is 0 Å². The van der Waals surface area contributed by atoms with Crippen molar-refractivity contribution in [1.29, 1.82) is 0 Å². The van der Waals surface area contributed by atoms with Crippen molar-refractivity contribution >= 4 is 5.95 Å². The molecule has 0 bridgehead atoms. The predicted octanol–water partition coefficient (Wildman–Crippen LogP) is -1.12. The summed E-state index contributed by atoms with van der Waals surface area (Å²) in [6, 6.07) is 0. The molecule has 0 radical (unpaired) electrons. The van der Waals surface area contributed by atoms with Gasteiger partial charge < -0.3 is 15.5 Å². The first kappa shape index (κ1) is 9.82. The van der Waals surface area contributed by atoms with Crippen LogP contribution in [0.4, 0.5) is 5.95 Å². The van der Waals surface area contributed by atoms with Crippen LogP contribution in [0.5, 0.6) is 0 Å². The van der Waals surface area contributed by atoms with E-state index in [-0.39, 0.29) is 19.1 Å². The maximum atomic E-state index is 8.75. The molecule has 1 rings (SSSR count). The van der Waals surface area contributed by atoms with E-state index in [4.69, 9.17) is 10.2 Å². The molecule has 1 heterocycles. The van der Waals surface area contributed by atoms with Crippen molar-refractivity contribution in [3.8, 4) is 0 Å². The molecule has 1 aromatic rings. The topological polar surface area (TPSA) is 91.2 Å². The molecule has 6 nitrogen and oxygen atoms in total. The Balaban J connectivity index is 2.34. The standard InChI is InChI=1S/C7H12N4O2/c12-2-6(3-13)1-9-7-10-4-8-5-11-7/h4-6,12-13H,1-3H2,(H,8,9,10,11). The van der Waals surface area contributed by atoms with Crippen LogP contribution in [-0.2, 0) is 0 Å². The number of aromatic nitrogens is 3. The minimum atomic E-state index is -0.184. The average Bonchev–Trinajstić information content (AvgIpc) is 2.21. The summed E-state index contributed by atoms with van der Waals surface area (Å²) in [5.74, 6) is 0.263. The van der Waals surface area contributed by atoms with Crippen molar-refractivity contribution < 1.29 is 10.2 Å². The van der Waals surface area contributed by atoms with E-state index < -0.39 is 0 Å². The van der Waals surface area contributed by atoms with E-state index in [9.17, 15) is 0 Å². The molecule has 6 heteroatoms. The Morgan fingerprint density at radius 3 is 2.38 bits per heavy atom. The van der Waals surface area contributed by atoms with Crippen LogP contribution >= 0.6 is 0 Å². The summed E-state index contributed by atoms with van der Waals surface area (Å²) in [7, 11) is 0. The lowest BCUT2D eigenvalue weighted by molar-refractivity contribution is 0.157. The zero-order chi connectivity index (χ0) is 9.52. The molecule has 0 amide bonds. The summed E-state index contributed by atoms with van der Waals surface area (Å²) in [6.07, 6.45) is 2.75. The van der Waals surface area contributed by atoms with E-state index in [1.165, 1.54) is 12.7 Å². The first-order chi connectivity index (χ1) is 6.36. The zero-order valence-electron chi connectivity index (χ0n) is 7.09. The molecule has 72 valence electrons. The normalized spacial score (nSPS) is 10.4. The number of aliphatic hydroxyl groups excluding tert-OH is 2. The lowest BCUT2D eigenvalue weighted by Crippen LogP contribution is -2.22. The lowest BCUT2D eigenvalue weighted by atomic mass is 10.2. The van der Waals surface area contributed by atoms with E-state index in [0.717, 1.165) is 0 Å². The van der Waals surface area contributed by atoms with Crippen LogP contribution in [0.3, 0.4) is 0 Å². The second-order valence-electron chi connectivity index (χ2n) is 2.57. The fourth-order valence-corrected chi connectivity index (χ4v) is 0.753. The van der Waals surface area contributed by atoms with Crippen LogP contribution in [0.25, 0.3) is 0 Å². The highest BCUT2D eigenvalue weighted by atomic mass is 16.3. The van der Waals surface area contributed by atoms with E-state index in [2.05, 4.69) is 20.3 Å². The summed E-state index contributed by atoms with van der Waals surface area (Å²) in [5, 5.41) is 20.4. The molecular weight excluding hydrogens is 172 g/mol. The third-order valence-corrected chi connectivity index (χ3v) is 1.56. The molecule has 0 aromatic carbocycles. The molecule has 13 heavy (non-hydrogen) atoms. The fourth-order valence-electron chi connectivity index (χ4n) is 0.753. The molecule has 0 unspecified atom stereocenters. The van der Waals surface area contributed by atoms with Crippen LogP contribution in [0, 0.1) is 5.92 Å². The smallest absolute Gasteiger partial charge is 0.225 e. The minimum Gasteiger partial charge on any atom is -0.396 e. The van der Waals surface area contributed by atoms with Gasteiger partial charge in [0.15, 0.2) is 0 Å². The van der Waals surface area contributed by atoms with Gasteiger partial charge in [0.2, 0.25) is 5.95 Å². The third-order valence-electron chi connectivity index (χ3n) is 1.56. The van der Waals surface area contributed by atoms with E-state index >= 15 is 0 Å². The fraction of sp³-hybridized carbons (Fsp3) is 0.571. The maximum Gasteiger partial charge on any atom is 0.225 e. The second-order valence-corrected chi connectivity index (χ2v) is 2.57. The Kier molecular flexibility index (Phi) is 4.07. The van der Waals surface area contributed by atoms with Crippen molar-refractivity contribution in [2.45, 2.75) is 0 Å². The monoisotopic (exact) mass is 184 g/mol. The molecule has 0 saturated heterocycles. The van der Waals surface area contributed by atoms with Crippen molar-refractivity contribution in [3.63, 3.8) is 0 Å². The van der Waals surface area contributed by atoms with Gasteiger partial charge in [0.25, 0.3) is 0 Å². The quantitative estimate of drug-likeness (QED) is 0.537. The number of aliphatic hydroxyl groups is 2. The highest BCUT2D eigenvalue weighted by molar-refractivity contribution is 5.20. The average molecular weight is 184 g/mol. The highest BCUT2D eigenvalue weighted by Crippen LogP contribution is 1.97. The summed E-state index contributed by atoms with van der Waals surface area (Å²) in [5.41, 5.74) is 0. The number of anilines is 1. The van der Waals surface area contributed by atoms with Gasteiger partial charge in [0, 0.05) is 25.7 Å². The van der Waals surface area contributed by atoms with Crippen LogP contribution in [0.15, 0.2) is 12.7 Å². The molecule has 0 aliphatic heterocycles. The summed E-state index contributed by atoms with van der Waals surface area (Å²) < 4.78 is 0. The van der Waals surface area contributed by atoms with E-state index in [1.807, 2.05) is 0 Å². The molecule has 0 atom stereocenters. The Bertz CT molecular complexity index is 227. The highest BCUT2D eigenvalue weighted by Gasteiger charge is 2.05. The largest absolute Gasteiger partial charge is 0.396 e. The SMILES string of the molecule is OCC(CO)CNc1ncncn1. The van der Waals surface area contributed by atoms with Crippen LogP contribution in [0.2, 0.25) is 0 Å². The summed E-state index contributed by atoms with van der Waals surface area (Å²) in [4.78, 5) is 11.3. The van der Waals surface area contributed by atoms with Crippen molar-refractivity contribution in [2.75, 3.05) is 25.1 Å². The minimum absolute atomic E-state index is 0.0609. The van der Waals surface area contributed by atoms with E-state index in [0.29, 0.717) is 12.5 Å². The molecule has 1 aromatic heterocycles. The zero-order valence-corrected chi connectivity index (χ0v) is 7.09. The first-order valence-electron chi connectivity index (χ1n) is 3.94. The van der Waals surface area contributed by atoms with Crippen LogP contribution in [-0.4, -0.2) is 44.9 Å². The Hall–Kier alpha value is -1.27. The van der Waals surface area contributed by atoms with E-state index in [1.54, 1.807) is 0 Å². The van der Waals surface area contributed by atoms with Gasteiger partial charge in [-0.25, -0.2) is 15.0 Å². The van der Waals surface area contributed by atoms with Crippen LogP contribution in [0.1, 0.15) is 0 Å². The van der Waals surface area contributed by atoms with Crippen molar-refractivity contribution in [3.05, 3.63) is 12.7 Å². The summed E-state index contributed by atoms with van der Waals surface area (Å²) >= 11 is 0. The Morgan fingerprint density at radius 1 is 1.23 bits per heavy atom. The van der Waals surface area contributed by atoms with Crippen molar-refractivity contribution in [2.24, 2.45) is 5.92 Å². The van der Waals surface area contributed by atoms with Crippen molar-refractivity contribution in [1.82, 2.24) is 15.0 Å². The molecule has 0 fully saturated rings. The second kappa shape index (κ2) is 5.39. The number of rotatable bonds is 5. The van der Waals surface area contributed by atoms with Gasteiger partial charge in [-0.05, 0) is 0 Å². The maximum absolute atomic E-state index is 8.75. The molecular formula is C7H12N4O2. The number of nitrogens with one attached hydrogen (secondary N) is 1. The molecule has 0 spiro atoms. The number of hydrogen-bond acceptors (Lipinski definition) is 6. The van der Waals surface area contributed by atoms with Gasteiger partial charge in [-0.1, -0.05) is 0 Å². The number of hydrogen-bond donors (Lipinski definition) is 3. The molecule has 0 aliphatic rings. The lowest BCUT2D eigenvalue weighted by Gasteiger charge is -2.10. The predicted molar refractivity (Wildman–Crippen MR) is 46.0 cm³/mol. The van der Waals surface area contributed by atoms with Gasteiger partial charge >= 0.3 is 0 Å². The molecule has 0 aliphatic carbocycles. The molecule has 3 N–H and O–H groups in total. The summed E-state index contributed by atoms with van der Waals surface area (Å²) in [6.45, 7) is 0.320. The van der Waals surface area contributed by atoms with Gasteiger partial charge in [-0.15, -0.1) is 0 Å². The molecule has 0 saturated carbocycles. The number of nitrogens with zero attached hydrogens (tertiary/aromatic N) is 3. The first-order valence-corrected chi connectivity index (χ1v) is 3.94. The van der Waals surface area contributed by atoms with Gasteiger partial charge in [-0.3, -0.25) is 0 Å². The Morgan fingerprint density at radius 2 is 1.85 bits per heavy atom. The van der Waals surface area contributed by atoms with Gasteiger partial charge in [0.1, 0.15) is 12.7 Å². The Labute approximate surface area is 75.7 Å².